The minimum Gasteiger partial charge on any atom is -0.459 e. The standard InChI is InChI=1S/C27H35N3O4/c1-19-10-8-14-22(16-19)30(26(28)33)23-15-9-13-21(17-20-11-6-5-7-12-20)29(25(23)32)18-24(31)34-27(2,3)4/h5-8,10-12,14,16,21,23H,9,13,15,17-18H2,1-4H3,(H2,28,33). The van der Waals surface area contributed by atoms with E-state index >= 15 is 0 Å². The van der Waals surface area contributed by atoms with Gasteiger partial charge in [0.25, 0.3) is 0 Å². The Bertz CT molecular complexity index is 1020. The number of carbonyl (C=O) groups is 3. The summed E-state index contributed by atoms with van der Waals surface area (Å²) in [6.07, 6.45) is 2.50. The van der Waals surface area contributed by atoms with Crippen LogP contribution in [0.5, 0.6) is 0 Å². The Hall–Kier alpha value is -3.35. The second-order valence-electron chi connectivity index (χ2n) is 9.89. The number of ether oxygens (including phenoxy) is 1. The largest absolute Gasteiger partial charge is 0.459 e. The molecular formula is C27H35N3O4. The van der Waals surface area contributed by atoms with Gasteiger partial charge in [-0.3, -0.25) is 14.5 Å². The number of carbonyl (C=O) groups excluding carboxylic acids is 3. The van der Waals surface area contributed by atoms with Gasteiger partial charge in [-0.2, -0.15) is 0 Å². The predicted octanol–water partition coefficient (Wildman–Crippen LogP) is 4.21. The Morgan fingerprint density at radius 1 is 1.09 bits per heavy atom. The summed E-state index contributed by atoms with van der Waals surface area (Å²) in [7, 11) is 0. The Labute approximate surface area is 201 Å². The van der Waals surface area contributed by atoms with E-state index in [4.69, 9.17) is 10.5 Å². The van der Waals surface area contributed by atoms with Crippen molar-refractivity contribution in [3.63, 3.8) is 0 Å². The lowest BCUT2D eigenvalue weighted by Crippen LogP contribution is -2.55. The maximum absolute atomic E-state index is 13.9. The van der Waals surface area contributed by atoms with Crippen LogP contribution in [0.25, 0.3) is 0 Å². The van der Waals surface area contributed by atoms with E-state index in [0.717, 1.165) is 11.1 Å². The fourth-order valence-corrected chi connectivity index (χ4v) is 4.49. The number of hydrogen-bond donors (Lipinski definition) is 1. The van der Waals surface area contributed by atoms with Gasteiger partial charge in [0.1, 0.15) is 18.2 Å². The second kappa shape index (κ2) is 10.7. The van der Waals surface area contributed by atoms with Gasteiger partial charge in [-0.05, 0) is 76.6 Å². The van der Waals surface area contributed by atoms with Gasteiger partial charge in [-0.1, -0.05) is 42.5 Å². The van der Waals surface area contributed by atoms with Crippen LogP contribution in [0, 0.1) is 6.92 Å². The third kappa shape index (κ3) is 6.59. The number of hydrogen-bond acceptors (Lipinski definition) is 4. The molecule has 0 saturated carbocycles. The fourth-order valence-electron chi connectivity index (χ4n) is 4.49. The Kier molecular flexibility index (Phi) is 7.97. The Morgan fingerprint density at radius 3 is 2.41 bits per heavy atom. The minimum absolute atomic E-state index is 0.176. The number of urea groups is 1. The van der Waals surface area contributed by atoms with Gasteiger partial charge in [-0.15, -0.1) is 0 Å². The van der Waals surface area contributed by atoms with E-state index < -0.39 is 23.6 Å². The summed E-state index contributed by atoms with van der Waals surface area (Å²) in [5.74, 6) is -0.759. The van der Waals surface area contributed by atoms with Crippen LogP contribution in [0.3, 0.4) is 0 Å². The summed E-state index contributed by atoms with van der Waals surface area (Å²) in [5, 5.41) is 0. The number of nitrogens with zero attached hydrogens (tertiary/aromatic N) is 2. The van der Waals surface area contributed by atoms with Crippen molar-refractivity contribution in [3.8, 4) is 0 Å². The van der Waals surface area contributed by atoms with Gasteiger partial charge in [0.05, 0.1) is 0 Å². The summed E-state index contributed by atoms with van der Waals surface area (Å²) in [4.78, 5) is 42.2. The van der Waals surface area contributed by atoms with Crippen LogP contribution in [-0.2, 0) is 20.7 Å². The molecule has 0 radical (unpaired) electrons. The normalized spacial score (nSPS) is 18.8. The molecule has 7 nitrogen and oxygen atoms in total. The highest BCUT2D eigenvalue weighted by molar-refractivity contribution is 6.00. The minimum atomic E-state index is -0.789. The van der Waals surface area contributed by atoms with Crippen LogP contribution in [0.4, 0.5) is 10.5 Å². The number of anilines is 1. The first-order valence-corrected chi connectivity index (χ1v) is 11.8. The first-order chi connectivity index (χ1) is 16.0. The number of nitrogens with two attached hydrogens (primary N) is 1. The number of rotatable bonds is 6. The lowest BCUT2D eigenvalue weighted by Gasteiger charge is -2.35. The molecule has 34 heavy (non-hydrogen) atoms. The molecule has 7 heteroatoms. The Balaban J connectivity index is 1.95. The molecule has 1 saturated heterocycles. The predicted molar refractivity (Wildman–Crippen MR) is 132 cm³/mol. The molecule has 3 rings (SSSR count). The van der Waals surface area contributed by atoms with Crippen LogP contribution >= 0.6 is 0 Å². The van der Waals surface area contributed by atoms with Crippen LogP contribution in [0.2, 0.25) is 0 Å². The molecule has 1 aliphatic rings. The molecule has 1 fully saturated rings. The number of esters is 1. The molecule has 2 unspecified atom stereocenters. The van der Waals surface area contributed by atoms with Crippen molar-refractivity contribution in [1.82, 2.24) is 4.90 Å². The van der Waals surface area contributed by atoms with Crippen LogP contribution in [0.1, 0.15) is 51.2 Å². The zero-order valence-corrected chi connectivity index (χ0v) is 20.5. The second-order valence-corrected chi connectivity index (χ2v) is 9.89. The summed E-state index contributed by atoms with van der Waals surface area (Å²) in [6.45, 7) is 7.14. The lowest BCUT2D eigenvalue weighted by atomic mass is 10.0. The van der Waals surface area contributed by atoms with Crippen molar-refractivity contribution in [3.05, 3.63) is 65.7 Å². The summed E-state index contributed by atoms with van der Waals surface area (Å²) < 4.78 is 5.53. The molecule has 1 heterocycles. The molecule has 2 aromatic carbocycles. The third-order valence-electron chi connectivity index (χ3n) is 5.89. The number of aryl methyl sites for hydroxylation is 1. The van der Waals surface area contributed by atoms with Crippen molar-refractivity contribution in [2.45, 2.75) is 71.1 Å². The monoisotopic (exact) mass is 465 g/mol. The summed E-state index contributed by atoms with van der Waals surface area (Å²) >= 11 is 0. The highest BCUT2D eigenvalue weighted by atomic mass is 16.6. The van der Waals surface area contributed by atoms with E-state index in [2.05, 4.69) is 0 Å². The molecule has 0 aromatic heterocycles. The van der Waals surface area contributed by atoms with E-state index in [1.54, 1.807) is 31.7 Å². The average Bonchev–Trinajstić information content (AvgIpc) is 2.88. The van der Waals surface area contributed by atoms with Gasteiger partial charge in [-0.25, -0.2) is 4.79 Å². The SMILES string of the molecule is Cc1cccc(N(C(N)=O)C2CCCC(Cc3ccccc3)N(CC(=O)OC(C)(C)C)C2=O)c1. The van der Waals surface area contributed by atoms with Crippen molar-refractivity contribution in [1.29, 1.82) is 0 Å². The highest BCUT2D eigenvalue weighted by Crippen LogP contribution is 2.28. The highest BCUT2D eigenvalue weighted by Gasteiger charge is 2.39. The third-order valence-corrected chi connectivity index (χ3v) is 5.89. The van der Waals surface area contributed by atoms with E-state index in [1.165, 1.54) is 4.90 Å². The average molecular weight is 466 g/mol. The van der Waals surface area contributed by atoms with E-state index in [1.807, 2.05) is 55.5 Å². The first kappa shape index (κ1) is 25.3. The number of likely N-dealkylation sites (tertiary alicyclic amines) is 1. The topological polar surface area (TPSA) is 92.9 Å². The van der Waals surface area contributed by atoms with Crippen molar-refractivity contribution in [2.75, 3.05) is 11.4 Å². The number of amides is 3. The zero-order valence-electron chi connectivity index (χ0n) is 20.5. The summed E-state index contributed by atoms with van der Waals surface area (Å²) in [5.41, 5.74) is 7.72. The molecule has 2 atom stereocenters. The van der Waals surface area contributed by atoms with Crippen molar-refractivity contribution in [2.24, 2.45) is 5.73 Å². The molecule has 1 aliphatic heterocycles. The quantitative estimate of drug-likeness (QED) is 0.647. The Morgan fingerprint density at radius 2 is 1.79 bits per heavy atom. The first-order valence-electron chi connectivity index (χ1n) is 11.8. The van der Waals surface area contributed by atoms with E-state index in [0.29, 0.717) is 31.4 Å². The van der Waals surface area contributed by atoms with Gasteiger partial charge < -0.3 is 15.4 Å². The van der Waals surface area contributed by atoms with Crippen LogP contribution < -0.4 is 10.6 Å². The fraction of sp³-hybridized carbons (Fsp3) is 0.444. The van der Waals surface area contributed by atoms with Crippen molar-refractivity contribution >= 4 is 23.6 Å². The molecule has 0 spiro atoms. The molecule has 3 amide bonds. The zero-order chi connectivity index (χ0) is 24.9. The maximum atomic E-state index is 13.9. The lowest BCUT2D eigenvalue weighted by molar-refractivity contribution is -0.160. The van der Waals surface area contributed by atoms with Gasteiger partial charge in [0.15, 0.2) is 0 Å². The smallest absolute Gasteiger partial charge is 0.326 e. The molecule has 2 N–H and O–H groups in total. The van der Waals surface area contributed by atoms with E-state index in [9.17, 15) is 14.4 Å². The van der Waals surface area contributed by atoms with Crippen LogP contribution in [0.15, 0.2) is 54.6 Å². The molecule has 182 valence electrons. The van der Waals surface area contributed by atoms with Gasteiger partial charge in [0.2, 0.25) is 5.91 Å². The number of primary amides is 1. The number of benzene rings is 2. The molecule has 2 aromatic rings. The van der Waals surface area contributed by atoms with Gasteiger partial charge >= 0.3 is 12.0 Å². The summed E-state index contributed by atoms with van der Waals surface area (Å²) in [6, 6.07) is 15.6. The molecule has 0 bridgehead atoms. The molecule has 0 aliphatic carbocycles. The maximum Gasteiger partial charge on any atom is 0.326 e. The molecular weight excluding hydrogens is 430 g/mol. The van der Waals surface area contributed by atoms with E-state index in [-0.39, 0.29) is 18.5 Å². The van der Waals surface area contributed by atoms with Crippen LogP contribution in [-0.4, -0.2) is 47.0 Å². The van der Waals surface area contributed by atoms with Crippen molar-refractivity contribution < 1.29 is 19.1 Å². The van der Waals surface area contributed by atoms with Gasteiger partial charge in [0, 0.05) is 11.7 Å².